The maximum Gasteiger partial charge on any atom is 0.227 e. The number of para-hydroxylation sites is 2. The summed E-state index contributed by atoms with van der Waals surface area (Å²) in [6.45, 7) is 4.33. The van der Waals surface area contributed by atoms with E-state index in [0.717, 1.165) is 5.56 Å². The van der Waals surface area contributed by atoms with Crippen LogP contribution in [0.25, 0.3) is 0 Å². The molecule has 1 heterocycles. The predicted molar refractivity (Wildman–Crippen MR) is 111 cm³/mol. The average molecular weight is 394 g/mol. The molecule has 2 unspecified atom stereocenters. The zero-order valence-corrected chi connectivity index (χ0v) is 16.8. The van der Waals surface area contributed by atoms with Gasteiger partial charge in [-0.1, -0.05) is 42.5 Å². The number of benzene rings is 2. The molecule has 2 aromatic carbocycles. The van der Waals surface area contributed by atoms with Crippen molar-refractivity contribution in [2.75, 3.05) is 18.1 Å². The number of hydrogen-bond acceptors (Lipinski definition) is 4. The summed E-state index contributed by atoms with van der Waals surface area (Å²) in [5, 5.41) is 2.78. The Labute approximate surface area is 170 Å². The second-order valence-corrected chi connectivity index (χ2v) is 7.17. The molecule has 0 aliphatic carbocycles. The summed E-state index contributed by atoms with van der Waals surface area (Å²) in [6, 6.07) is 16.1. The molecule has 6 nitrogen and oxygen atoms in total. The van der Waals surface area contributed by atoms with E-state index >= 15 is 0 Å². The quantitative estimate of drug-likeness (QED) is 0.747. The molecule has 0 aromatic heterocycles. The molecule has 0 saturated carbocycles. The first-order chi connectivity index (χ1) is 14.0. The average Bonchev–Trinajstić information content (AvgIpc) is 3.11. The van der Waals surface area contributed by atoms with Crippen LogP contribution in [0.3, 0.4) is 0 Å². The van der Waals surface area contributed by atoms with Crippen molar-refractivity contribution in [2.24, 2.45) is 5.92 Å². The third kappa shape index (κ3) is 5.02. The standard InChI is InChI=1S/C23H26N2O4/c1-3-29-21-12-8-7-11-19(21)25-15-18(14-22(25)27)23(28)24-16(2)20(26)13-17-9-5-4-6-10-17/h4-12,16,18H,3,13-15H2,1-2H3,(H,24,28). The summed E-state index contributed by atoms with van der Waals surface area (Å²) in [4.78, 5) is 39.2. The van der Waals surface area contributed by atoms with Gasteiger partial charge in [-0.15, -0.1) is 0 Å². The number of hydrogen-bond donors (Lipinski definition) is 1. The molecule has 0 radical (unpaired) electrons. The molecule has 1 aliphatic heterocycles. The predicted octanol–water partition coefficient (Wildman–Crippen LogP) is 2.75. The first kappa shape index (κ1) is 20.6. The van der Waals surface area contributed by atoms with Crippen LogP contribution in [0.15, 0.2) is 54.6 Å². The van der Waals surface area contributed by atoms with Gasteiger partial charge in [0.2, 0.25) is 11.8 Å². The number of ketones is 1. The van der Waals surface area contributed by atoms with Crippen molar-refractivity contribution in [3.05, 3.63) is 60.2 Å². The largest absolute Gasteiger partial charge is 0.492 e. The highest BCUT2D eigenvalue weighted by atomic mass is 16.5. The van der Waals surface area contributed by atoms with Gasteiger partial charge >= 0.3 is 0 Å². The van der Waals surface area contributed by atoms with E-state index in [2.05, 4.69) is 5.32 Å². The van der Waals surface area contributed by atoms with Crippen molar-refractivity contribution in [3.63, 3.8) is 0 Å². The Balaban J connectivity index is 1.61. The summed E-state index contributed by atoms with van der Waals surface area (Å²) in [5.41, 5.74) is 1.58. The third-order valence-electron chi connectivity index (χ3n) is 5.01. The molecule has 1 aliphatic rings. The molecule has 6 heteroatoms. The molecule has 3 rings (SSSR count). The number of Topliss-reactive ketones (excluding diaryl/α,β-unsaturated/α-hetero) is 1. The topological polar surface area (TPSA) is 75.7 Å². The lowest BCUT2D eigenvalue weighted by atomic mass is 10.0. The third-order valence-corrected chi connectivity index (χ3v) is 5.01. The normalized spacial score (nSPS) is 17.1. The van der Waals surface area contributed by atoms with Crippen LogP contribution < -0.4 is 15.0 Å². The van der Waals surface area contributed by atoms with Gasteiger partial charge in [0.05, 0.1) is 24.3 Å². The lowest BCUT2D eigenvalue weighted by Crippen LogP contribution is -2.43. The highest BCUT2D eigenvalue weighted by Crippen LogP contribution is 2.33. The van der Waals surface area contributed by atoms with Crippen LogP contribution in [0.1, 0.15) is 25.8 Å². The van der Waals surface area contributed by atoms with Gasteiger partial charge in [-0.25, -0.2) is 0 Å². The number of carbonyl (C=O) groups is 3. The van der Waals surface area contributed by atoms with Gasteiger partial charge in [0, 0.05) is 19.4 Å². The van der Waals surface area contributed by atoms with Crippen molar-refractivity contribution in [1.82, 2.24) is 5.32 Å². The van der Waals surface area contributed by atoms with E-state index < -0.39 is 12.0 Å². The zero-order valence-electron chi connectivity index (χ0n) is 16.8. The second kappa shape index (κ2) is 9.37. The molecule has 1 fully saturated rings. The second-order valence-electron chi connectivity index (χ2n) is 7.17. The Morgan fingerprint density at radius 3 is 2.55 bits per heavy atom. The van der Waals surface area contributed by atoms with Crippen LogP contribution in [-0.2, 0) is 20.8 Å². The minimum absolute atomic E-state index is 0.0626. The first-order valence-electron chi connectivity index (χ1n) is 9.88. The van der Waals surface area contributed by atoms with Crippen LogP contribution in [0.4, 0.5) is 5.69 Å². The van der Waals surface area contributed by atoms with Gasteiger partial charge < -0.3 is 15.0 Å². The van der Waals surface area contributed by atoms with Gasteiger partial charge in [-0.3, -0.25) is 14.4 Å². The van der Waals surface area contributed by atoms with Gasteiger partial charge in [0.15, 0.2) is 5.78 Å². The summed E-state index contributed by atoms with van der Waals surface area (Å²) < 4.78 is 5.61. The van der Waals surface area contributed by atoms with Crippen LogP contribution in [0.2, 0.25) is 0 Å². The van der Waals surface area contributed by atoms with E-state index in [0.29, 0.717) is 18.0 Å². The van der Waals surface area contributed by atoms with Crippen LogP contribution in [-0.4, -0.2) is 36.8 Å². The van der Waals surface area contributed by atoms with E-state index in [1.807, 2.05) is 61.5 Å². The van der Waals surface area contributed by atoms with Crippen molar-refractivity contribution in [1.29, 1.82) is 0 Å². The molecule has 1 N–H and O–H groups in total. The van der Waals surface area contributed by atoms with Gasteiger partial charge in [-0.05, 0) is 31.5 Å². The fourth-order valence-corrected chi connectivity index (χ4v) is 3.44. The zero-order chi connectivity index (χ0) is 20.8. The van der Waals surface area contributed by atoms with Crippen LogP contribution in [0, 0.1) is 5.92 Å². The van der Waals surface area contributed by atoms with E-state index in [1.54, 1.807) is 11.8 Å². The van der Waals surface area contributed by atoms with E-state index in [1.165, 1.54) is 0 Å². The fourth-order valence-electron chi connectivity index (χ4n) is 3.44. The monoisotopic (exact) mass is 394 g/mol. The summed E-state index contributed by atoms with van der Waals surface area (Å²) in [6.07, 6.45) is 0.381. The van der Waals surface area contributed by atoms with Crippen molar-refractivity contribution < 1.29 is 19.1 Å². The molecule has 29 heavy (non-hydrogen) atoms. The Hall–Kier alpha value is -3.15. The number of anilines is 1. The molecular weight excluding hydrogens is 368 g/mol. The highest BCUT2D eigenvalue weighted by molar-refractivity contribution is 6.02. The van der Waals surface area contributed by atoms with Crippen molar-refractivity contribution >= 4 is 23.3 Å². The van der Waals surface area contributed by atoms with E-state index in [9.17, 15) is 14.4 Å². The lowest BCUT2D eigenvalue weighted by molar-refractivity contribution is -0.130. The summed E-state index contributed by atoms with van der Waals surface area (Å²) in [5.74, 6) is -0.336. The number of nitrogens with zero attached hydrogens (tertiary/aromatic N) is 1. The Morgan fingerprint density at radius 1 is 1.14 bits per heavy atom. The molecular formula is C23H26N2O4. The molecule has 152 valence electrons. The van der Waals surface area contributed by atoms with Crippen LogP contribution in [0.5, 0.6) is 5.75 Å². The summed E-state index contributed by atoms with van der Waals surface area (Å²) >= 11 is 0. The van der Waals surface area contributed by atoms with Gasteiger partial charge in [0.1, 0.15) is 5.75 Å². The van der Waals surface area contributed by atoms with E-state index in [-0.39, 0.29) is 37.0 Å². The lowest BCUT2D eigenvalue weighted by Gasteiger charge is -2.20. The first-order valence-corrected chi connectivity index (χ1v) is 9.88. The molecule has 0 bridgehead atoms. The molecule has 2 atom stereocenters. The van der Waals surface area contributed by atoms with E-state index in [4.69, 9.17) is 4.74 Å². The van der Waals surface area contributed by atoms with Crippen molar-refractivity contribution in [3.8, 4) is 5.75 Å². The Kier molecular flexibility index (Phi) is 6.65. The Bertz CT molecular complexity index is 881. The molecule has 1 saturated heterocycles. The molecule has 0 spiro atoms. The van der Waals surface area contributed by atoms with Gasteiger partial charge in [-0.2, -0.15) is 0 Å². The Morgan fingerprint density at radius 2 is 1.83 bits per heavy atom. The smallest absolute Gasteiger partial charge is 0.227 e. The maximum atomic E-state index is 12.7. The minimum atomic E-state index is -0.609. The van der Waals surface area contributed by atoms with Gasteiger partial charge in [0.25, 0.3) is 0 Å². The minimum Gasteiger partial charge on any atom is -0.492 e. The molecule has 2 aromatic rings. The number of ether oxygens (including phenoxy) is 1. The fraction of sp³-hybridized carbons (Fsp3) is 0.348. The van der Waals surface area contributed by atoms with Crippen LogP contribution >= 0.6 is 0 Å². The number of rotatable bonds is 8. The highest BCUT2D eigenvalue weighted by Gasteiger charge is 2.37. The number of nitrogens with one attached hydrogen (secondary N) is 1. The maximum absolute atomic E-state index is 12.7. The molecule has 2 amide bonds. The number of carbonyl (C=O) groups excluding carboxylic acids is 3. The summed E-state index contributed by atoms with van der Waals surface area (Å²) in [7, 11) is 0. The number of amides is 2. The SMILES string of the molecule is CCOc1ccccc1N1CC(C(=O)NC(C)C(=O)Cc2ccccc2)CC1=O. The van der Waals surface area contributed by atoms with Crippen molar-refractivity contribution in [2.45, 2.75) is 32.7 Å².